The molecule has 0 aromatic heterocycles. The second-order valence-electron chi connectivity index (χ2n) is 6.31. The standard InChI is InChI=1S/C23H29NO4/c1-5-24(6-2)16-18-14-19(21(26)15-23(18)28-7-3)20(25)13-12-17-10-8-9-11-22(17)27-4/h8-15,26H,5-7,16H2,1-4H3/b13-12+. The topological polar surface area (TPSA) is 59.0 Å². The zero-order valence-electron chi connectivity index (χ0n) is 17.1. The number of benzene rings is 2. The van der Waals surface area contributed by atoms with Crippen molar-refractivity contribution in [2.75, 3.05) is 26.8 Å². The summed E-state index contributed by atoms with van der Waals surface area (Å²) in [5.41, 5.74) is 1.95. The summed E-state index contributed by atoms with van der Waals surface area (Å²) in [7, 11) is 1.59. The van der Waals surface area contributed by atoms with Gasteiger partial charge >= 0.3 is 0 Å². The molecule has 0 saturated heterocycles. The van der Waals surface area contributed by atoms with Crippen LogP contribution in [0.5, 0.6) is 17.2 Å². The molecule has 0 saturated carbocycles. The highest BCUT2D eigenvalue weighted by Gasteiger charge is 2.16. The molecule has 0 unspecified atom stereocenters. The van der Waals surface area contributed by atoms with E-state index >= 15 is 0 Å². The molecule has 0 radical (unpaired) electrons. The van der Waals surface area contributed by atoms with Gasteiger partial charge < -0.3 is 14.6 Å². The Morgan fingerprint density at radius 1 is 1.11 bits per heavy atom. The van der Waals surface area contributed by atoms with E-state index in [-0.39, 0.29) is 17.1 Å². The van der Waals surface area contributed by atoms with Crippen LogP contribution in [0.1, 0.15) is 42.3 Å². The fourth-order valence-electron chi connectivity index (χ4n) is 2.97. The Morgan fingerprint density at radius 2 is 1.82 bits per heavy atom. The van der Waals surface area contributed by atoms with Crippen LogP contribution in [0, 0.1) is 0 Å². The third-order valence-electron chi connectivity index (χ3n) is 4.59. The van der Waals surface area contributed by atoms with Gasteiger partial charge in [0.2, 0.25) is 0 Å². The minimum Gasteiger partial charge on any atom is -0.507 e. The maximum Gasteiger partial charge on any atom is 0.189 e. The number of methoxy groups -OCH3 is 1. The molecule has 150 valence electrons. The smallest absolute Gasteiger partial charge is 0.189 e. The predicted molar refractivity (Wildman–Crippen MR) is 112 cm³/mol. The monoisotopic (exact) mass is 383 g/mol. The lowest BCUT2D eigenvalue weighted by molar-refractivity contribution is 0.104. The first kappa shape index (κ1) is 21.5. The average Bonchev–Trinajstić information content (AvgIpc) is 2.71. The summed E-state index contributed by atoms with van der Waals surface area (Å²) in [4.78, 5) is 15.0. The molecule has 5 heteroatoms. The number of ether oxygens (including phenoxy) is 2. The second-order valence-corrected chi connectivity index (χ2v) is 6.31. The number of hydrogen-bond acceptors (Lipinski definition) is 5. The molecule has 0 heterocycles. The van der Waals surface area contributed by atoms with E-state index in [4.69, 9.17) is 9.47 Å². The highest BCUT2D eigenvalue weighted by atomic mass is 16.5. The number of ketones is 1. The van der Waals surface area contributed by atoms with Crippen LogP contribution in [0.25, 0.3) is 6.08 Å². The molecule has 2 aromatic carbocycles. The number of carbonyl (C=O) groups is 1. The van der Waals surface area contributed by atoms with Crippen molar-refractivity contribution in [3.05, 3.63) is 59.2 Å². The summed E-state index contributed by atoms with van der Waals surface area (Å²) in [6.45, 7) is 9.00. The Bertz CT molecular complexity index is 825. The molecule has 1 N–H and O–H groups in total. The van der Waals surface area contributed by atoms with E-state index in [2.05, 4.69) is 18.7 Å². The van der Waals surface area contributed by atoms with Crippen molar-refractivity contribution in [3.63, 3.8) is 0 Å². The van der Waals surface area contributed by atoms with Crippen molar-refractivity contribution in [3.8, 4) is 17.2 Å². The minimum absolute atomic E-state index is 0.0820. The van der Waals surface area contributed by atoms with Crippen molar-refractivity contribution in [1.29, 1.82) is 0 Å². The van der Waals surface area contributed by atoms with Gasteiger partial charge in [-0.1, -0.05) is 32.0 Å². The number of carbonyl (C=O) groups excluding carboxylic acids is 1. The maximum absolute atomic E-state index is 12.7. The zero-order chi connectivity index (χ0) is 20.5. The van der Waals surface area contributed by atoms with Gasteiger partial charge in [-0.3, -0.25) is 9.69 Å². The molecular formula is C23H29NO4. The zero-order valence-corrected chi connectivity index (χ0v) is 17.1. The number of hydrogen-bond donors (Lipinski definition) is 1. The largest absolute Gasteiger partial charge is 0.507 e. The summed E-state index contributed by atoms with van der Waals surface area (Å²) in [6, 6.07) is 10.7. The van der Waals surface area contributed by atoms with E-state index in [1.165, 1.54) is 12.1 Å². The van der Waals surface area contributed by atoms with Crippen molar-refractivity contribution in [2.45, 2.75) is 27.3 Å². The van der Waals surface area contributed by atoms with Gasteiger partial charge in [0.05, 0.1) is 19.3 Å². The highest BCUT2D eigenvalue weighted by Crippen LogP contribution is 2.30. The highest BCUT2D eigenvalue weighted by molar-refractivity contribution is 6.09. The first-order valence-electron chi connectivity index (χ1n) is 9.60. The van der Waals surface area contributed by atoms with Gasteiger partial charge in [0, 0.05) is 23.7 Å². The molecular weight excluding hydrogens is 354 g/mol. The van der Waals surface area contributed by atoms with Crippen LogP contribution in [0.2, 0.25) is 0 Å². The van der Waals surface area contributed by atoms with Gasteiger partial charge in [0.25, 0.3) is 0 Å². The molecule has 2 rings (SSSR count). The van der Waals surface area contributed by atoms with E-state index < -0.39 is 0 Å². The number of rotatable bonds is 10. The van der Waals surface area contributed by atoms with Gasteiger partial charge in [-0.25, -0.2) is 0 Å². The van der Waals surface area contributed by atoms with Gasteiger partial charge in [0.15, 0.2) is 5.78 Å². The molecule has 0 aliphatic rings. The fourth-order valence-corrected chi connectivity index (χ4v) is 2.97. The second kappa shape index (κ2) is 10.5. The van der Waals surface area contributed by atoms with Gasteiger partial charge in [-0.05, 0) is 44.3 Å². The molecule has 0 fully saturated rings. The molecule has 0 spiro atoms. The third-order valence-corrected chi connectivity index (χ3v) is 4.59. The number of phenolic OH excluding ortho intramolecular Hbond substituents is 1. The van der Waals surface area contributed by atoms with Crippen LogP contribution in [-0.2, 0) is 6.54 Å². The maximum atomic E-state index is 12.7. The van der Waals surface area contributed by atoms with Gasteiger partial charge in [-0.15, -0.1) is 0 Å². The van der Waals surface area contributed by atoms with Crippen molar-refractivity contribution in [2.24, 2.45) is 0 Å². The lowest BCUT2D eigenvalue weighted by atomic mass is 10.0. The van der Waals surface area contributed by atoms with Gasteiger partial charge in [0.1, 0.15) is 17.2 Å². The SMILES string of the molecule is CCOc1cc(O)c(C(=O)/C=C/c2ccccc2OC)cc1CN(CC)CC. The van der Waals surface area contributed by atoms with Crippen LogP contribution in [-0.4, -0.2) is 42.6 Å². The Hall–Kier alpha value is -2.79. The van der Waals surface area contributed by atoms with E-state index in [0.29, 0.717) is 24.7 Å². The Morgan fingerprint density at radius 3 is 2.46 bits per heavy atom. The summed E-state index contributed by atoms with van der Waals surface area (Å²) in [6.07, 6.45) is 3.15. The van der Waals surface area contributed by atoms with Crippen LogP contribution in [0.3, 0.4) is 0 Å². The van der Waals surface area contributed by atoms with Crippen molar-refractivity contribution in [1.82, 2.24) is 4.90 Å². The van der Waals surface area contributed by atoms with E-state index in [1.807, 2.05) is 31.2 Å². The predicted octanol–water partition coefficient (Wildman–Crippen LogP) is 4.54. The molecule has 0 atom stereocenters. The van der Waals surface area contributed by atoms with Crippen molar-refractivity contribution < 1.29 is 19.4 Å². The van der Waals surface area contributed by atoms with Crippen LogP contribution < -0.4 is 9.47 Å². The number of phenols is 1. The molecule has 28 heavy (non-hydrogen) atoms. The lowest BCUT2D eigenvalue weighted by Crippen LogP contribution is -2.22. The minimum atomic E-state index is -0.271. The Balaban J connectivity index is 2.35. The number of para-hydroxylation sites is 1. The molecule has 0 bridgehead atoms. The molecule has 5 nitrogen and oxygen atoms in total. The summed E-state index contributed by atoms with van der Waals surface area (Å²) >= 11 is 0. The first-order valence-corrected chi connectivity index (χ1v) is 9.60. The fraction of sp³-hybridized carbons (Fsp3) is 0.348. The molecule has 0 amide bonds. The first-order chi connectivity index (χ1) is 13.5. The van der Waals surface area contributed by atoms with E-state index in [0.717, 1.165) is 24.2 Å². The number of nitrogens with zero attached hydrogens (tertiary/aromatic N) is 1. The summed E-state index contributed by atoms with van der Waals surface area (Å²) in [5.74, 6) is 0.940. The van der Waals surface area contributed by atoms with E-state index in [1.54, 1.807) is 19.3 Å². The number of allylic oxidation sites excluding steroid dienone is 1. The van der Waals surface area contributed by atoms with E-state index in [9.17, 15) is 9.90 Å². The molecule has 0 aliphatic carbocycles. The third kappa shape index (κ3) is 5.36. The normalized spacial score (nSPS) is 11.2. The quantitative estimate of drug-likeness (QED) is 0.482. The molecule has 0 aliphatic heterocycles. The lowest BCUT2D eigenvalue weighted by Gasteiger charge is -2.21. The van der Waals surface area contributed by atoms with Crippen molar-refractivity contribution >= 4 is 11.9 Å². The average molecular weight is 383 g/mol. The van der Waals surface area contributed by atoms with Gasteiger partial charge in [-0.2, -0.15) is 0 Å². The van der Waals surface area contributed by atoms with Crippen LogP contribution in [0.15, 0.2) is 42.5 Å². The Kier molecular flexibility index (Phi) is 8.08. The molecule has 2 aromatic rings. The van der Waals surface area contributed by atoms with Crippen LogP contribution >= 0.6 is 0 Å². The van der Waals surface area contributed by atoms with Crippen LogP contribution in [0.4, 0.5) is 0 Å². The summed E-state index contributed by atoms with van der Waals surface area (Å²) in [5, 5.41) is 10.4. The Labute approximate surface area is 167 Å². The number of aromatic hydroxyl groups is 1. The summed E-state index contributed by atoms with van der Waals surface area (Å²) < 4.78 is 11.0.